The zero-order valence-electron chi connectivity index (χ0n) is 15.1. The fraction of sp³-hybridized carbons (Fsp3) is 0.611. The molecule has 142 valence electrons. The molecule has 2 aromatic heterocycles. The van der Waals surface area contributed by atoms with E-state index in [1.54, 1.807) is 17.7 Å². The van der Waals surface area contributed by atoms with Crippen molar-refractivity contribution in [2.75, 3.05) is 44.7 Å². The second kappa shape index (κ2) is 8.50. The van der Waals surface area contributed by atoms with E-state index < -0.39 is 0 Å². The summed E-state index contributed by atoms with van der Waals surface area (Å²) in [7, 11) is 1.98. The van der Waals surface area contributed by atoms with E-state index in [-0.39, 0.29) is 18.3 Å². The lowest BCUT2D eigenvalue weighted by Crippen LogP contribution is -2.44. The number of nitrogens with zero attached hydrogens (tertiary/aromatic N) is 4. The fourth-order valence-electron chi connectivity index (χ4n) is 4.15. The van der Waals surface area contributed by atoms with Crippen LogP contribution in [0.2, 0.25) is 0 Å². The van der Waals surface area contributed by atoms with Crippen molar-refractivity contribution in [3.8, 4) is 0 Å². The molecule has 0 aromatic carbocycles. The molecule has 4 rings (SSSR count). The number of aromatic nitrogens is 2. The van der Waals surface area contributed by atoms with Gasteiger partial charge in [0, 0.05) is 26.2 Å². The number of likely N-dealkylation sites (tertiary alicyclic amines) is 1. The number of carbonyl (C=O) groups excluding carboxylic acids is 1. The van der Waals surface area contributed by atoms with E-state index in [1.807, 2.05) is 7.05 Å². The molecule has 2 unspecified atom stereocenters. The van der Waals surface area contributed by atoms with E-state index in [9.17, 15) is 4.79 Å². The smallest absolute Gasteiger partial charge is 0.227 e. The molecule has 0 saturated carbocycles. The molecule has 26 heavy (non-hydrogen) atoms. The van der Waals surface area contributed by atoms with Crippen LogP contribution in [0, 0.1) is 11.8 Å². The number of nitrogens with one attached hydrogen (secondary N) is 1. The molecule has 2 aliphatic rings. The largest absolute Gasteiger partial charge is 0.355 e. The Bertz CT molecular complexity index is 754. The number of amides is 1. The van der Waals surface area contributed by atoms with Gasteiger partial charge < -0.3 is 15.1 Å². The van der Waals surface area contributed by atoms with E-state index in [4.69, 9.17) is 0 Å². The van der Waals surface area contributed by atoms with Gasteiger partial charge in [-0.1, -0.05) is 0 Å². The Morgan fingerprint density at radius 3 is 3.04 bits per heavy atom. The van der Waals surface area contributed by atoms with E-state index in [1.165, 1.54) is 0 Å². The fourth-order valence-corrected chi connectivity index (χ4v) is 4.87. The van der Waals surface area contributed by atoms with Crippen LogP contribution in [0.15, 0.2) is 17.8 Å². The van der Waals surface area contributed by atoms with Gasteiger partial charge >= 0.3 is 0 Å². The van der Waals surface area contributed by atoms with E-state index >= 15 is 0 Å². The minimum Gasteiger partial charge on any atom is -0.355 e. The quantitative estimate of drug-likeness (QED) is 0.861. The average Bonchev–Trinajstić information content (AvgIpc) is 3.30. The highest BCUT2D eigenvalue weighted by atomic mass is 35.5. The van der Waals surface area contributed by atoms with E-state index in [0.717, 1.165) is 68.0 Å². The zero-order valence-corrected chi connectivity index (χ0v) is 16.7. The lowest BCUT2D eigenvalue weighted by atomic mass is 9.96. The third kappa shape index (κ3) is 3.80. The number of piperidine rings is 1. The van der Waals surface area contributed by atoms with Crippen molar-refractivity contribution < 1.29 is 4.79 Å². The van der Waals surface area contributed by atoms with Gasteiger partial charge in [0.2, 0.25) is 5.91 Å². The normalized spacial score (nSPS) is 23.3. The summed E-state index contributed by atoms with van der Waals surface area (Å²) >= 11 is 1.64. The number of thiophene rings is 1. The lowest BCUT2D eigenvalue weighted by Gasteiger charge is -2.35. The van der Waals surface area contributed by atoms with Crippen LogP contribution >= 0.6 is 23.7 Å². The number of carbonyl (C=O) groups is 1. The van der Waals surface area contributed by atoms with Crippen LogP contribution in [-0.4, -0.2) is 60.5 Å². The number of hydrogen-bond acceptors (Lipinski definition) is 6. The molecule has 2 aromatic rings. The Labute approximate surface area is 164 Å². The van der Waals surface area contributed by atoms with Crippen LogP contribution in [0.4, 0.5) is 5.82 Å². The van der Waals surface area contributed by atoms with Gasteiger partial charge in [-0.3, -0.25) is 4.79 Å². The molecular weight excluding hydrogens is 370 g/mol. The molecule has 1 amide bonds. The lowest BCUT2D eigenvalue weighted by molar-refractivity contribution is -0.134. The molecule has 0 radical (unpaired) electrons. The summed E-state index contributed by atoms with van der Waals surface area (Å²) in [5.74, 6) is 2.00. The number of fused-ring (bicyclic) bond motifs is 1. The van der Waals surface area contributed by atoms with Crippen LogP contribution in [-0.2, 0) is 4.79 Å². The van der Waals surface area contributed by atoms with Gasteiger partial charge in [0.15, 0.2) is 0 Å². The molecule has 2 atom stereocenters. The molecule has 1 N–H and O–H groups in total. The average molecular weight is 396 g/mol. The van der Waals surface area contributed by atoms with Gasteiger partial charge in [-0.15, -0.1) is 23.7 Å². The molecule has 2 aliphatic heterocycles. The van der Waals surface area contributed by atoms with Crippen LogP contribution in [0.25, 0.3) is 10.2 Å². The van der Waals surface area contributed by atoms with Crippen molar-refractivity contribution in [1.29, 1.82) is 0 Å². The Hall–Kier alpha value is -1.44. The Morgan fingerprint density at radius 1 is 1.31 bits per heavy atom. The highest BCUT2D eigenvalue weighted by molar-refractivity contribution is 7.16. The zero-order chi connectivity index (χ0) is 17.2. The molecule has 0 spiro atoms. The molecule has 2 fully saturated rings. The first-order chi connectivity index (χ1) is 12.3. The number of rotatable bonds is 4. The van der Waals surface area contributed by atoms with E-state index in [2.05, 4.69) is 36.5 Å². The molecular formula is C18H26ClN5OS. The van der Waals surface area contributed by atoms with Gasteiger partial charge in [-0.25, -0.2) is 9.97 Å². The predicted octanol–water partition coefficient (Wildman–Crippen LogP) is 2.40. The summed E-state index contributed by atoms with van der Waals surface area (Å²) in [6, 6.07) is 2.09. The van der Waals surface area contributed by atoms with Crippen molar-refractivity contribution in [3.05, 3.63) is 17.8 Å². The van der Waals surface area contributed by atoms with Gasteiger partial charge in [-0.05, 0) is 50.2 Å². The minimum absolute atomic E-state index is 0. The SMILES string of the molecule is CNCC1CCN(C(=O)C2CCCN(c3ncnc4sccc34)C2)C1.Cl. The Morgan fingerprint density at radius 2 is 2.19 bits per heavy atom. The standard InChI is InChI=1S/C18H25N5OS.ClH/c1-19-9-13-4-7-23(10-13)18(24)14-3-2-6-22(11-14)16-15-5-8-25-17(15)21-12-20-16;/h5,8,12-14,19H,2-4,6-7,9-11H2,1H3;1H. The summed E-state index contributed by atoms with van der Waals surface area (Å²) in [5.41, 5.74) is 0. The van der Waals surface area contributed by atoms with Crippen molar-refractivity contribution >= 4 is 45.7 Å². The van der Waals surface area contributed by atoms with Crippen LogP contribution in [0.1, 0.15) is 19.3 Å². The maximum Gasteiger partial charge on any atom is 0.227 e. The topological polar surface area (TPSA) is 61.4 Å². The maximum absolute atomic E-state index is 13.0. The summed E-state index contributed by atoms with van der Waals surface area (Å²) in [5, 5.41) is 6.40. The third-order valence-corrected chi connectivity index (χ3v) is 6.22. The molecule has 0 bridgehead atoms. The molecule has 2 saturated heterocycles. The first kappa shape index (κ1) is 19.3. The first-order valence-electron chi connectivity index (χ1n) is 9.13. The number of hydrogen-bond donors (Lipinski definition) is 1. The van der Waals surface area contributed by atoms with Crippen molar-refractivity contribution in [3.63, 3.8) is 0 Å². The number of halogens is 1. The maximum atomic E-state index is 13.0. The van der Waals surface area contributed by atoms with Crippen LogP contribution in [0.5, 0.6) is 0 Å². The second-order valence-electron chi connectivity index (χ2n) is 7.12. The summed E-state index contributed by atoms with van der Waals surface area (Å²) in [6.45, 7) is 4.54. The molecule has 4 heterocycles. The summed E-state index contributed by atoms with van der Waals surface area (Å²) < 4.78 is 0. The summed E-state index contributed by atoms with van der Waals surface area (Å²) in [4.78, 5) is 27.2. The monoisotopic (exact) mass is 395 g/mol. The number of anilines is 1. The van der Waals surface area contributed by atoms with Crippen LogP contribution < -0.4 is 10.2 Å². The Balaban J connectivity index is 0.00000196. The van der Waals surface area contributed by atoms with Crippen molar-refractivity contribution in [2.45, 2.75) is 19.3 Å². The van der Waals surface area contributed by atoms with Gasteiger partial charge in [0.25, 0.3) is 0 Å². The third-order valence-electron chi connectivity index (χ3n) is 5.40. The van der Waals surface area contributed by atoms with Crippen LogP contribution in [0.3, 0.4) is 0 Å². The predicted molar refractivity (Wildman–Crippen MR) is 108 cm³/mol. The summed E-state index contributed by atoms with van der Waals surface area (Å²) in [6.07, 6.45) is 4.78. The highest BCUT2D eigenvalue weighted by Gasteiger charge is 2.33. The van der Waals surface area contributed by atoms with Gasteiger partial charge in [0.1, 0.15) is 17.0 Å². The van der Waals surface area contributed by atoms with Gasteiger partial charge in [-0.2, -0.15) is 0 Å². The second-order valence-corrected chi connectivity index (χ2v) is 8.01. The highest BCUT2D eigenvalue weighted by Crippen LogP contribution is 2.31. The van der Waals surface area contributed by atoms with Crippen molar-refractivity contribution in [2.24, 2.45) is 11.8 Å². The molecule has 0 aliphatic carbocycles. The molecule has 8 heteroatoms. The minimum atomic E-state index is 0. The van der Waals surface area contributed by atoms with Gasteiger partial charge in [0.05, 0.1) is 11.3 Å². The van der Waals surface area contributed by atoms with Crippen molar-refractivity contribution in [1.82, 2.24) is 20.2 Å². The van der Waals surface area contributed by atoms with E-state index in [0.29, 0.717) is 11.8 Å². The first-order valence-corrected chi connectivity index (χ1v) is 10.0. The molecule has 6 nitrogen and oxygen atoms in total. The Kier molecular flexibility index (Phi) is 6.32.